The number of aryl methyl sites for hydroxylation is 1. The Labute approximate surface area is 127 Å². The number of esters is 1. The Hall–Kier alpha value is -1.55. The zero-order valence-electron chi connectivity index (χ0n) is 13.6. The third-order valence-corrected chi connectivity index (χ3v) is 3.09. The first-order valence-corrected chi connectivity index (χ1v) is 7.52. The van der Waals surface area contributed by atoms with Crippen LogP contribution in [0.2, 0.25) is 0 Å². The average Bonchev–Trinajstić information content (AvgIpc) is 2.44. The molecule has 0 aromatic heterocycles. The largest absolute Gasteiger partial charge is 0.493 e. The van der Waals surface area contributed by atoms with Crippen LogP contribution < -0.4 is 10.1 Å². The second-order valence-corrected chi connectivity index (χ2v) is 5.66. The number of rotatable bonds is 9. The average molecular weight is 293 g/mol. The summed E-state index contributed by atoms with van der Waals surface area (Å²) in [4.78, 5) is 11.1. The highest BCUT2D eigenvalue weighted by atomic mass is 16.5. The van der Waals surface area contributed by atoms with Crippen LogP contribution in [-0.4, -0.2) is 26.2 Å². The summed E-state index contributed by atoms with van der Waals surface area (Å²) in [6.45, 7) is 8.76. The maximum Gasteiger partial charge on any atom is 0.305 e. The number of hydrogen-bond acceptors (Lipinski definition) is 4. The molecule has 0 amide bonds. The Morgan fingerprint density at radius 2 is 2.10 bits per heavy atom. The minimum absolute atomic E-state index is 0.193. The molecule has 0 fully saturated rings. The Balaban J connectivity index is 2.49. The first-order chi connectivity index (χ1) is 10.0. The molecule has 0 aliphatic heterocycles. The molecule has 118 valence electrons. The first-order valence-electron chi connectivity index (χ1n) is 7.52. The number of hydrogen-bond donors (Lipinski definition) is 1. The van der Waals surface area contributed by atoms with Gasteiger partial charge in [0.1, 0.15) is 5.75 Å². The van der Waals surface area contributed by atoms with Crippen molar-refractivity contribution < 1.29 is 14.3 Å². The summed E-state index contributed by atoms with van der Waals surface area (Å²) in [5.74, 6) is 1.32. The molecule has 0 radical (unpaired) electrons. The first kappa shape index (κ1) is 17.5. The molecule has 0 bridgehead atoms. The molecule has 4 nitrogen and oxygen atoms in total. The maximum absolute atomic E-state index is 11.1. The normalized spacial score (nSPS) is 10.7. The molecule has 4 heteroatoms. The highest BCUT2D eigenvalue weighted by Gasteiger charge is 2.06. The van der Waals surface area contributed by atoms with E-state index in [4.69, 9.17) is 4.74 Å². The van der Waals surface area contributed by atoms with Gasteiger partial charge in [0, 0.05) is 18.5 Å². The molecule has 0 aliphatic carbocycles. The third-order valence-electron chi connectivity index (χ3n) is 3.09. The van der Waals surface area contributed by atoms with Gasteiger partial charge in [0.25, 0.3) is 0 Å². The van der Waals surface area contributed by atoms with Crippen molar-refractivity contribution in [3.63, 3.8) is 0 Å². The lowest BCUT2D eigenvalue weighted by atomic mass is 10.1. The van der Waals surface area contributed by atoms with Gasteiger partial charge in [-0.3, -0.25) is 4.79 Å². The van der Waals surface area contributed by atoms with Crippen LogP contribution in [0.15, 0.2) is 18.2 Å². The highest BCUT2D eigenvalue weighted by Crippen LogP contribution is 2.20. The van der Waals surface area contributed by atoms with E-state index in [-0.39, 0.29) is 5.97 Å². The molecule has 1 N–H and O–H groups in total. The van der Waals surface area contributed by atoms with E-state index in [9.17, 15) is 4.79 Å². The molecule has 21 heavy (non-hydrogen) atoms. The van der Waals surface area contributed by atoms with Crippen LogP contribution in [0.25, 0.3) is 0 Å². The molecular formula is C17H27NO3. The number of methoxy groups -OCH3 is 1. The van der Waals surface area contributed by atoms with Crippen LogP contribution in [0.1, 0.15) is 37.8 Å². The summed E-state index contributed by atoms with van der Waals surface area (Å²) >= 11 is 0. The highest BCUT2D eigenvalue weighted by molar-refractivity contribution is 5.69. The fourth-order valence-corrected chi connectivity index (χ4v) is 1.98. The summed E-state index contributed by atoms with van der Waals surface area (Å²) in [6.07, 6.45) is 1.06. The summed E-state index contributed by atoms with van der Waals surface area (Å²) in [5.41, 5.74) is 2.38. The van der Waals surface area contributed by atoms with Crippen molar-refractivity contribution in [1.29, 1.82) is 0 Å². The van der Waals surface area contributed by atoms with Crippen molar-refractivity contribution in [1.82, 2.24) is 5.32 Å². The van der Waals surface area contributed by atoms with Gasteiger partial charge in [-0.1, -0.05) is 31.5 Å². The predicted molar refractivity (Wildman–Crippen MR) is 84.5 cm³/mol. The van der Waals surface area contributed by atoms with Gasteiger partial charge < -0.3 is 14.8 Å². The quantitative estimate of drug-likeness (QED) is 0.561. The summed E-state index contributed by atoms with van der Waals surface area (Å²) in [5, 5.41) is 3.43. The summed E-state index contributed by atoms with van der Waals surface area (Å²) < 4.78 is 10.4. The fourth-order valence-electron chi connectivity index (χ4n) is 1.98. The second-order valence-electron chi connectivity index (χ2n) is 5.66. The van der Waals surface area contributed by atoms with Crippen molar-refractivity contribution in [2.75, 3.05) is 20.3 Å². The smallest absolute Gasteiger partial charge is 0.305 e. The topological polar surface area (TPSA) is 47.6 Å². The Bertz CT molecular complexity index is 444. The minimum atomic E-state index is -0.193. The molecule has 0 atom stereocenters. The van der Waals surface area contributed by atoms with Crippen molar-refractivity contribution in [2.45, 2.75) is 40.2 Å². The molecule has 0 saturated heterocycles. The summed E-state index contributed by atoms with van der Waals surface area (Å²) in [6, 6.07) is 6.18. The third kappa shape index (κ3) is 7.14. The molecule has 0 spiro atoms. The lowest BCUT2D eigenvalue weighted by molar-refractivity contribution is -0.140. The van der Waals surface area contributed by atoms with Gasteiger partial charge in [-0.25, -0.2) is 0 Å². The fraction of sp³-hybridized carbons (Fsp3) is 0.588. The van der Waals surface area contributed by atoms with Crippen molar-refractivity contribution in [2.24, 2.45) is 5.92 Å². The van der Waals surface area contributed by atoms with Gasteiger partial charge >= 0.3 is 5.97 Å². The molecule has 1 rings (SSSR count). The molecular weight excluding hydrogens is 266 g/mol. The monoisotopic (exact) mass is 293 g/mol. The standard InChI is InChI=1S/C17H27NO3/c1-13(2)11-18-12-15-10-14(3)7-8-16(15)21-9-5-6-17(19)20-4/h7-8,10,13,18H,5-6,9,11-12H2,1-4H3. The number of benzene rings is 1. The van der Waals surface area contributed by atoms with Crippen LogP contribution in [-0.2, 0) is 16.1 Å². The molecule has 0 saturated carbocycles. The second kappa shape index (κ2) is 9.40. The van der Waals surface area contributed by atoms with Gasteiger partial charge in [-0.05, 0) is 31.9 Å². The van der Waals surface area contributed by atoms with E-state index in [1.54, 1.807) is 0 Å². The van der Waals surface area contributed by atoms with Crippen LogP contribution in [0.4, 0.5) is 0 Å². The Morgan fingerprint density at radius 1 is 1.33 bits per heavy atom. The SMILES string of the molecule is COC(=O)CCCOc1ccc(C)cc1CNCC(C)C. The van der Waals surface area contributed by atoms with Gasteiger partial charge in [0.05, 0.1) is 13.7 Å². The van der Waals surface area contributed by atoms with Crippen LogP contribution in [0.3, 0.4) is 0 Å². The summed E-state index contributed by atoms with van der Waals surface area (Å²) in [7, 11) is 1.40. The number of ether oxygens (including phenoxy) is 2. The molecule has 1 aromatic carbocycles. The van der Waals surface area contributed by atoms with E-state index in [2.05, 4.69) is 36.9 Å². The molecule has 0 unspecified atom stereocenters. The van der Waals surface area contributed by atoms with Crippen molar-refractivity contribution in [3.05, 3.63) is 29.3 Å². The molecule has 1 aromatic rings. The predicted octanol–water partition coefficient (Wildman–Crippen LogP) is 3.07. The van der Waals surface area contributed by atoms with Crippen LogP contribution in [0, 0.1) is 12.8 Å². The number of nitrogens with one attached hydrogen (secondary N) is 1. The maximum atomic E-state index is 11.1. The number of carbonyl (C=O) groups is 1. The van der Waals surface area contributed by atoms with Crippen molar-refractivity contribution in [3.8, 4) is 5.75 Å². The zero-order chi connectivity index (χ0) is 15.7. The zero-order valence-corrected chi connectivity index (χ0v) is 13.6. The van der Waals surface area contributed by atoms with Gasteiger partial charge in [0.2, 0.25) is 0 Å². The molecule has 0 heterocycles. The van der Waals surface area contributed by atoms with E-state index in [1.165, 1.54) is 12.7 Å². The Kier molecular flexibility index (Phi) is 7.83. The van der Waals surface area contributed by atoms with Crippen LogP contribution >= 0.6 is 0 Å². The Morgan fingerprint density at radius 3 is 2.76 bits per heavy atom. The van der Waals surface area contributed by atoms with E-state index in [0.717, 1.165) is 24.4 Å². The van der Waals surface area contributed by atoms with E-state index in [0.29, 0.717) is 25.4 Å². The van der Waals surface area contributed by atoms with Gasteiger partial charge in [-0.15, -0.1) is 0 Å². The van der Waals surface area contributed by atoms with E-state index >= 15 is 0 Å². The minimum Gasteiger partial charge on any atom is -0.493 e. The lowest BCUT2D eigenvalue weighted by Gasteiger charge is -2.14. The van der Waals surface area contributed by atoms with E-state index < -0.39 is 0 Å². The van der Waals surface area contributed by atoms with Crippen molar-refractivity contribution >= 4 is 5.97 Å². The lowest BCUT2D eigenvalue weighted by Crippen LogP contribution is -2.19. The number of carbonyl (C=O) groups excluding carboxylic acids is 1. The van der Waals surface area contributed by atoms with Crippen LogP contribution in [0.5, 0.6) is 5.75 Å². The molecule has 0 aliphatic rings. The van der Waals surface area contributed by atoms with Gasteiger partial charge in [0.15, 0.2) is 0 Å². The van der Waals surface area contributed by atoms with Gasteiger partial charge in [-0.2, -0.15) is 0 Å². The van der Waals surface area contributed by atoms with E-state index in [1.807, 2.05) is 12.1 Å².